The van der Waals surface area contributed by atoms with Gasteiger partial charge >= 0.3 is 0 Å². The third-order valence-corrected chi connectivity index (χ3v) is 5.28. The highest BCUT2D eigenvalue weighted by Gasteiger charge is 2.14. The van der Waals surface area contributed by atoms with Gasteiger partial charge in [0.2, 0.25) is 6.79 Å². The number of benzene rings is 1. The van der Waals surface area contributed by atoms with Crippen molar-refractivity contribution in [3.63, 3.8) is 0 Å². The van der Waals surface area contributed by atoms with E-state index in [4.69, 9.17) is 9.47 Å². The number of hydrogen-bond donors (Lipinski definition) is 1. The van der Waals surface area contributed by atoms with Crippen LogP contribution in [0.3, 0.4) is 0 Å². The van der Waals surface area contributed by atoms with E-state index in [9.17, 15) is 0 Å². The SMILES string of the molecule is c1ccc(-c2cc3ncnc(NCc4ccc5c(c4)OCO5)c3s2)nc1. The number of ether oxygens (including phenoxy) is 2. The molecule has 1 N–H and O–H groups in total. The van der Waals surface area contributed by atoms with Crippen LogP contribution in [0.2, 0.25) is 0 Å². The summed E-state index contributed by atoms with van der Waals surface area (Å²) in [7, 11) is 0. The smallest absolute Gasteiger partial charge is 0.231 e. The Bertz CT molecular complexity index is 1080. The quantitative estimate of drug-likeness (QED) is 0.590. The predicted octanol–water partition coefficient (Wildman–Crippen LogP) is 4.09. The third kappa shape index (κ3) is 2.72. The van der Waals surface area contributed by atoms with E-state index in [2.05, 4.69) is 26.3 Å². The second-order valence-electron chi connectivity index (χ2n) is 5.80. The Labute approximate surface area is 153 Å². The van der Waals surface area contributed by atoms with Gasteiger partial charge in [-0.2, -0.15) is 0 Å². The lowest BCUT2D eigenvalue weighted by Crippen LogP contribution is -2.01. The summed E-state index contributed by atoms with van der Waals surface area (Å²) in [5.41, 5.74) is 2.96. The zero-order valence-corrected chi connectivity index (χ0v) is 14.5. The number of fused-ring (bicyclic) bond motifs is 2. The minimum Gasteiger partial charge on any atom is -0.454 e. The van der Waals surface area contributed by atoms with Gasteiger partial charge < -0.3 is 14.8 Å². The first-order valence-corrected chi connectivity index (χ1v) is 8.97. The zero-order chi connectivity index (χ0) is 17.3. The molecule has 0 bridgehead atoms. The van der Waals surface area contributed by atoms with Crippen molar-refractivity contribution in [1.82, 2.24) is 15.0 Å². The van der Waals surface area contributed by atoms with E-state index in [0.717, 1.165) is 43.7 Å². The molecule has 0 saturated heterocycles. The highest BCUT2D eigenvalue weighted by molar-refractivity contribution is 7.22. The van der Waals surface area contributed by atoms with Crippen molar-refractivity contribution in [3.05, 3.63) is 60.6 Å². The number of rotatable bonds is 4. The van der Waals surface area contributed by atoms with Crippen molar-refractivity contribution in [2.75, 3.05) is 12.1 Å². The van der Waals surface area contributed by atoms with Crippen LogP contribution in [-0.4, -0.2) is 21.7 Å². The summed E-state index contributed by atoms with van der Waals surface area (Å²) in [5, 5.41) is 3.40. The van der Waals surface area contributed by atoms with Crippen molar-refractivity contribution in [3.8, 4) is 22.1 Å². The van der Waals surface area contributed by atoms with Crippen LogP contribution in [-0.2, 0) is 6.54 Å². The summed E-state index contributed by atoms with van der Waals surface area (Å²) in [6.45, 7) is 0.920. The Morgan fingerprint density at radius 2 is 1.96 bits per heavy atom. The minimum absolute atomic E-state index is 0.282. The summed E-state index contributed by atoms with van der Waals surface area (Å²) >= 11 is 1.64. The molecule has 128 valence electrons. The van der Waals surface area contributed by atoms with Crippen LogP contribution >= 0.6 is 11.3 Å². The number of pyridine rings is 1. The maximum Gasteiger partial charge on any atom is 0.231 e. The number of aromatic nitrogens is 3. The summed E-state index contributed by atoms with van der Waals surface area (Å²) in [4.78, 5) is 14.3. The van der Waals surface area contributed by atoms with Gasteiger partial charge in [0.15, 0.2) is 11.5 Å². The maximum atomic E-state index is 5.43. The Morgan fingerprint density at radius 3 is 2.88 bits per heavy atom. The van der Waals surface area contributed by atoms with Gasteiger partial charge in [0.1, 0.15) is 12.1 Å². The standard InChI is InChI=1S/C19H14N4O2S/c1-2-6-20-13(3-1)17-8-14-18(26-17)19(23-10-22-14)21-9-12-4-5-15-16(7-12)25-11-24-15/h1-8,10H,9,11H2,(H,21,22,23). The molecular weight excluding hydrogens is 348 g/mol. The van der Waals surface area contributed by atoms with Gasteiger partial charge in [-0.1, -0.05) is 12.1 Å². The number of nitrogens with one attached hydrogen (secondary N) is 1. The van der Waals surface area contributed by atoms with Crippen molar-refractivity contribution in [2.45, 2.75) is 6.54 Å². The van der Waals surface area contributed by atoms with Gasteiger partial charge in [-0.3, -0.25) is 4.98 Å². The van der Waals surface area contributed by atoms with E-state index >= 15 is 0 Å². The predicted molar refractivity (Wildman–Crippen MR) is 101 cm³/mol. The average Bonchev–Trinajstić information content (AvgIpc) is 3.33. The van der Waals surface area contributed by atoms with Gasteiger partial charge in [-0.25, -0.2) is 9.97 Å². The van der Waals surface area contributed by atoms with Gasteiger partial charge in [-0.15, -0.1) is 11.3 Å². The van der Waals surface area contributed by atoms with E-state index in [1.807, 2.05) is 36.4 Å². The second-order valence-corrected chi connectivity index (χ2v) is 6.86. The molecule has 6 nitrogen and oxygen atoms in total. The van der Waals surface area contributed by atoms with Crippen molar-refractivity contribution in [1.29, 1.82) is 0 Å². The molecule has 0 amide bonds. The van der Waals surface area contributed by atoms with Crippen LogP contribution < -0.4 is 14.8 Å². The first kappa shape index (κ1) is 15.1. The molecule has 26 heavy (non-hydrogen) atoms. The van der Waals surface area contributed by atoms with Gasteiger partial charge in [-0.05, 0) is 35.9 Å². The minimum atomic E-state index is 0.282. The van der Waals surface area contributed by atoms with E-state index in [1.54, 1.807) is 23.9 Å². The molecule has 0 fully saturated rings. The normalized spacial score (nSPS) is 12.5. The monoisotopic (exact) mass is 362 g/mol. The van der Waals surface area contributed by atoms with Gasteiger partial charge in [0, 0.05) is 12.7 Å². The van der Waals surface area contributed by atoms with Crippen LogP contribution in [0.1, 0.15) is 5.56 Å². The van der Waals surface area contributed by atoms with Crippen LogP contribution in [0.25, 0.3) is 20.8 Å². The maximum absolute atomic E-state index is 5.43. The summed E-state index contributed by atoms with van der Waals surface area (Å²) in [6.07, 6.45) is 3.38. The second kappa shape index (κ2) is 6.27. The molecule has 3 aromatic heterocycles. The van der Waals surface area contributed by atoms with Crippen molar-refractivity contribution >= 4 is 27.4 Å². The summed E-state index contributed by atoms with van der Waals surface area (Å²) in [6, 6.07) is 13.9. The van der Waals surface area contributed by atoms with Crippen LogP contribution in [0, 0.1) is 0 Å². The van der Waals surface area contributed by atoms with Crippen molar-refractivity contribution < 1.29 is 9.47 Å². The fraction of sp³-hybridized carbons (Fsp3) is 0.105. The van der Waals surface area contributed by atoms with Gasteiger partial charge in [0.25, 0.3) is 0 Å². The molecule has 0 saturated carbocycles. The van der Waals surface area contributed by atoms with Gasteiger partial charge in [0.05, 0.1) is 20.8 Å². The fourth-order valence-electron chi connectivity index (χ4n) is 2.85. The molecule has 1 aliphatic heterocycles. The first-order chi connectivity index (χ1) is 12.9. The molecule has 0 atom stereocenters. The van der Waals surface area contributed by atoms with Crippen molar-refractivity contribution in [2.24, 2.45) is 0 Å². The molecule has 0 spiro atoms. The first-order valence-electron chi connectivity index (χ1n) is 8.15. The largest absolute Gasteiger partial charge is 0.454 e. The van der Waals surface area contributed by atoms with Crippen LogP contribution in [0.4, 0.5) is 5.82 Å². The highest BCUT2D eigenvalue weighted by Crippen LogP contribution is 2.35. The molecule has 4 aromatic rings. The average molecular weight is 362 g/mol. The van der Waals surface area contributed by atoms with Crippen LogP contribution in [0.5, 0.6) is 11.5 Å². The lowest BCUT2D eigenvalue weighted by molar-refractivity contribution is 0.174. The molecule has 5 rings (SSSR count). The Kier molecular flexibility index (Phi) is 3.64. The van der Waals surface area contributed by atoms with E-state index < -0.39 is 0 Å². The van der Waals surface area contributed by atoms with E-state index in [0.29, 0.717) is 6.54 Å². The molecule has 0 aliphatic carbocycles. The lowest BCUT2D eigenvalue weighted by Gasteiger charge is -2.07. The third-order valence-electron chi connectivity index (χ3n) is 4.13. The Morgan fingerprint density at radius 1 is 1.00 bits per heavy atom. The Hall–Kier alpha value is -3.19. The molecule has 7 heteroatoms. The number of anilines is 1. The van der Waals surface area contributed by atoms with E-state index in [-0.39, 0.29) is 6.79 Å². The topological polar surface area (TPSA) is 69.2 Å². The molecule has 4 heterocycles. The molecule has 0 unspecified atom stereocenters. The number of thiophene rings is 1. The van der Waals surface area contributed by atoms with Crippen LogP contribution in [0.15, 0.2) is 55.0 Å². The Balaban J connectivity index is 1.43. The molecule has 0 radical (unpaired) electrons. The summed E-state index contributed by atoms with van der Waals surface area (Å²) in [5.74, 6) is 2.39. The zero-order valence-electron chi connectivity index (χ0n) is 13.7. The fourth-order valence-corrected chi connectivity index (χ4v) is 3.91. The lowest BCUT2D eigenvalue weighted by atomic mass is 10.2. The molecule has 1 aliphatic rings. The number of hydrogen-bond acceptors (Lipinski definition) is 7. The summed E-state index contributed by atoms with van der Waals surface area (Å²) < 4.78 is 11.8. The molecule has 1 aromatic carbocycles. The molecular formula is C19H14N4O2S. The highest BCUT2D eigenvalue weighted by atomic mass is 32.1. The van der Waals surface area contributed by atoms with E-state index in [1.165, 1.54) is 0 Å². The number of nitrogens with zero attached hydrogens (tertiary/aromatic N) is 3.